The fourth-order valence-electron chi connectivity index (χ4n) is 3.81. The van der Waals surface area contributed by atoms with Gasteiger partial charge in [-0.05, 0) is 70.0 Å². The van der Waals surface area contributed by atoms with Crippen LogP contribution in [0.1, 0.15) is 57.0 Å². The molecule has 1 unspecified atom stereocenters. The molecule has 1 fully saturated rings. The third-order valence-electron chi connectivity index (χ3n) is 5.87. The van der Waals surface area contributed by atoms with Gasteiger partial charge in [-0.3, -0.25) is 9.69 Å². The van der Waals surface area contributed by atoms with Gasteiger partial charge >= 0.3 is 0 Å². The molecule has 0 N–H and O–H groups in total. The highest BCUT2D eigenvalue weighted by Gasteiger charge is 2.31. The molecule has 7 heteroatoms. The maximum Gasteiger partial charge on any atom is 0.244 e. The van der Waals surface area contributed by atoms with Crippen LogP contribution in [0, 0.1) is 18.7 Å². The van der Waals surface area contributed by atoms with Gasteiger partial charge in [-0.2, -0.15) is 4.98 Å². The Morgan fingerprint density at radius 3 is 2.76 bits per heavy atom. The number of unbranched alkanes of at least 4 members (excludes halogenated alkanes) is 1. The van der Waals surface area contributed by atoms with Crippen LogP contribution in [0.25, 0.3) is 11.4 Å². The van der Waals surface area contributed by atoms with Gasteiger partial charge in [-0.1, -0.05) is 18.5 Å². The minimum Gasteiger partial charge on any atom is -0.346 e. The summed E-state index contributed by atoms with van der Waals surface area (Å²) >= 11 is 0. The first-order valence-electron chi connectivity index (χ1n) is 10.5. The number of hydrogen-bond donors (Lipinski definition) is 0. The molecule has 2 heterocycles. The first-order chi connectivity index (χ1) is 13.9. The number of aryl methyl sites for hydroxylation is 1. The molecule has 1 atom stereocenters. The van der Waals surface area contributed by atoms with E-state index in [1.807, 2.05) is 18.9 Å². The van der Waals surface area contributed by atoms with Gasteiger partial charge in [-0.15, -0.1) is 0 Å². The van der Waals surface area contributed by atoms with Crippen molar-refractivity contribution in [2.45, 2.75) is 52.5 Å². The first kappa shape index (κ1) is 21.4. The Balaban J connectivity index is 1.58. The molecular formula is C22H31FN4O2. The molecule has 1 amide bonds. The molecule has 3 rings (SSSR count). The molecule has 1 aromatic heterocycles. The molecule has 29 heavy (non-hydrogen) atoms. The number of halogens is 1. The number of benzene rings is 1. The van der Waals surface area contributed by atoms with Crippen LogP contribution < -0.4 is 0 Å². The van der Waals surface area contributed by atoms with Crippen molar-refractivity contribution in [3.63, 3.8) is 0 Å². The molecular weight excluding hydrogens is 371 g/mol. The van der Waals surface area contributed by atoms with Crippen LogP contribution in [0.5, 0.6) is 0 Å². The zero-order chi connectivity index (χ0) is 21.0. The predicted molar refractivity (Wildman–Crippen MR) is 110 cm³/mol. The number of hydrogen-bond acceptors (Lipinski definition) is 5. The Kier molecular flexibility index (Phi) is 7.00. The van der Waals surface area contributed by atoms with Gasteiger partial charge in [0.05, 0.1) is 6.04 Å². The summed E-state index contributed by atoms with van der Waals surface area (Å²) in [7, 11) is 1.91. The summed E-state index contributed by atoms with van der Waals surface area (Å²) in [6.45, 7) is 8.38. The molecule has 0 radical (unpaired) electrons. The molecule has 1 aliphatic rings. The lowest BCUT2D eigenvalue weighted by Crippen LogP contribution is -2.42. The second kappa shape index (κ2) is 9.48. The summed E-state index contributed by atoms with van der Waals surface area (Å²) in [5.41, 5.74) is 1.29. The third-order valence-corrected chi connectivity index (χ3v) is 5.87. The molecule has 0 spiro atoms. The lowest BCUT2D eigenvalue weighted by atomic mass is 9.94. The van der Waals surface area contributed by atoms with Crippen LogP contribution in [0.2, 0.25) is 0 Å². The third kappa shape index (κ3) is 5.01. The average Bonchev–Trinajstić information content (AvgIpc) is 3.23. The lowest BCUT2D eigenvalue weighted by molar-refractivity contribution is -0.136. The van der Waals surface area contributed by atoms with E-state index >= 15 is 0 Å². The highest BCUT2D eigenvalue weighted by Crippen LogP contribution is 2.28. The summed E-state index contributed by atoms with van der Waals surface area (Å²) in [6, 6.07) is 4.78. The lowest BCUT2D eigenvalue weighted by Gasteiger charge is -2.35. The number of rotatable bonds is 7. The number of piperidine rings is 1. The Bertz CT molecular complexity index is 830. The van der Waals surface area contributed by atoms with Gasteiger partial charge in [0.25, 0.3) is 0 Å². The molecule has 1 aliphatic heterocycles. The molecule has 0 bridgehead atoms. The molecule has 0 aliphatic carbocycles. The topological polar surface area (TPSA) is 62.5 Å². The van der Waals surface area contributed by atoms with Crippen molar-refractivity contribution < 1.29 is 13.7 Å². The van der Waals surface area contributed by atoms with E-state index in [-0.39, 0.29) is 23.7 Å². The summed E-state index contributed by atoms with van der Waals surface area (Å²) in [4.78, 5) is 21.3. The number of carbonyl (C=O) groups excluding carboxylic acids is 1. The fraction of sp³-hybridized carbons (Fsp3) is 0.591. The average molecular weight is 403 g/mol. The number of likely N-dealkylation sites (tertiary alicyclic amines) is 1. The number of carbonyl (C=O) groups is 1. The second-order valence-corrected chi connectivity index (χ2v) is 8.02. The van der Waals surface area contributed by atoms with Gasteiger partial charge in [0.15, 0.2) is 0 Å². The number of amides is 1. The molecule has 1 saturated heterocycles. The summed E-state index contributed by atoms with van der Waals surface area (Å²) in [5.74, 6) is 1.13. The Morgan fingerprint density at radius 1 is 1.38 bits per heavy atom. The molecule has 2 aromatic rings. The largest absolute Gasteiger partial charge is 0.346 e. The van der Waals surface area contributed by atoms with Crippen LogP contribution in [0.15, 0.2) is 22.7 Å². The van der Waals surface area contributed by atoms with Crippen molar-refractivity contribution >= 4 is 5.91 Å². The van der Waals surface area contributed by atoms with Crippen molar-refractivity contribution in [3.8, 4) is 11.4 Å². The van der Waals surface area contributed by atoms with Gasteiger partial charge in [0.2, 0.25) is 17.6 Å². The van der Waals surface area contributed by atoms with Crippen LogP contribution in [-0.2, 0) is 4.79 Å². The number of aromatic nitrogens is 2. The van der Waals surface area contributed by atoms with Crippen molar-refractivity contribution in [2.24, 2.45) is 5.92 Å². The van der Waals surface area contributed by atoms with Crippen molar-refractivity contribution in [1.82, 2.24) is 19.9 Å². The normalized spacial score (nSPS) is 16.7. The highest BCUT2D eigenvalue weighted by atomic mass is 19.1. The zero-order valence-corrected chi connectivity index (χ0v) is 17.8. The standard InChI is InChI=1S/C22H31FN4O2/c1-5-6-11-26(4)22(28)17-9-12-27(13-10-17)16(3)21-24-20(25-29-21)18-7-8-19(23)15(2)14-18/h7-8,14,16-17H,5-6,9-13H2,1-4H3. The van der Waals surface area contributed by atoms with E-state index in [4.69, 9.17) is 4.52 Å². The van der Waals surface area contributed by atoms with Crippen LogP contribution in [-0.4, -0.2) is 52.5 Å². The van der Waals surface area contributed by atoms with Crippen molar-refractivity contribution in [3.05, 3.63) is 35.5 Å². The predicted octanol–water partition coefficient (Wildman–Crippen LogP) is 4.22. The molecule has 6 nitrogen and oxygen atoms in total. The van der Waals surface area contributed by atoms with Gasteiger partial charge in [0.1, 0.15) is 5.82 Å². The smallest absolute Gasteiger partial charge is 0.244 e. The minimum absolute atomic E-state index is 0.0216. The maximum atomic E-state index is 13.5. The van der Waals surface area contributed by atoms with Crippen molar-refractivity contribution in [1.29, 1.82) is 0 Å². The monoisotopic (exact) mass is 402 g/mol. The van der Waals surface area contributed by atoms with E-state index in [0.29, 0.717) is 17.3 Å². The SMILES string of the molecule is CCCCN(C)C(=O)C1CCN(C(C)c2nc(-c3ccc(F)c(C)c3)no2)CC1. The summed E-state index contributed by atoms with van der Waals surface area (Å²) in [5, 5.41) is 4.07. The Labute approximate surface area is 172 Å². The molecule has 0 saturated carbocycles. The zero-order valence-electron chi connectivity index (χ0n) is 17.8. The first-order valence-corrected chi connectivity index (χ1v) is 10.5. The highest BCUT2D eigenvalue weighted by molar-refractivity contribution is 5.78. The molecule has 1 aromatic carbocycles. The second-order valence-electron chi connectivity index (χ2n) is 8.02. The van der Waals surface area contributed by atoms with E-state index in [9.17, 15) is 9.18 Å². The van der Waals surface area contributed by atoms with E-state index in [0.717, 1.165) is 50.9 Å². The number of nitrogens with zero attached hydrogens (tertiary/aromatic N) is 4. The van der Waals surface area contributed by atoms with Gasteiger partial charge < -0.3 is 9.42 Å². The van der Waals surface area contributed by atoms with E-state index < -0.39 is 0 Å². The van der Waals surface area contributed by atoms with Crippen molar-refractivity contribution in [2.75, 3.05) is 26.7 Å². The van der Waals surface area contributed by atoms with Crippen LogP contribution in [0.3, 0.4) is 0 Å². The van der Waals surface area contributed by atoms with E-state index in [1.165, 1.54) is 6.07 Å². The minimum atomic E-state index is -0.247. The Morgan fingerprint density at radius 2 is 2.10 bits per heavy atom. The van der Waals surface area contributed by atoms with Gasteiger partial charge in [0, 0.05) is 25.1 Å². The van der Waals surface area contributed by atoms with E-state index in [2.05, 4.69) is 22.0 Å². The summed E-state index contributed by atoms with van der Waals surface area (Å²) in [6.07, 6.45) is 3.83. The van der Waals surface area contributed by atoms with E-state index in [1.54, 1.807) is 19.1 Å². The van der Waals surface area contributed by atoms with Crippen LogP contribution >= 0.6 is 0 Å². The summed E-state index contributed by atoms with van der Waals surface area (Å²) < 4.78 is 19.0. The fourth-order valence-corrected chi connectivity index (χ4v) is 3.81. The van der Waals surface area contributed by atoms with Crippen LogP contribution in [0.4, 0.5) is 4.39 Å². The van der Waals surface area contributed by atoms with Gasteiger partial charge in [-0.25, -0.2) is 4.39 Å². The maximum absolute atomic E-state index is 13.5. The quantitative estimate of drug-likeness (QED) is 0.694. The molecule has 158 valence electrons. The Hall–Kier alpha value is -2.28.